The summed E-state index contributed by atoms with van der Waals surface area (Å²) in [5.41, 5.74) is 6.33. The standard InChI is InChI=1S/C17H24N2O/c1-15-8-11-19(12-9-15)13-14-20-17-6-4-16(5-7-17)3-2-10-18/h4-7,15H,8-14,18H2,1H3. The minimum absolute atomic E-state index is 0.396. The maximum atomic E-state index is 5.78. The highest BCUT2D eigenvalue weighted by Crippen LogP contribution is 2.16. The van der Waals surface area contributed by atoms with E-state index in [4.69, 9.17) is 10.5 Å². The average Bonchev–Trinajstić information content (AvgIpc) is 2.48. The zero-order valence-corrected chi connectivity index (χ0v) is 12.3. The van der Waals surface area contributed by atoms with Gasteiger partial charge in [-0.1, -0.05) is 18.8 Å². The molecule has 2 rings (SSSR count). The first kappa shape index (κ1) is 14.9. The van der Waals surface area contributed by atoms with E-state index in [0.29, 0.717) is 6.54 Å². The third kappa shape index (κ3) is 4.88. The van der Waals surface area contributed by atoms with Gasteiger partial charge in [-0.25, -0.2) is 0 Å². The summed E-state index contributed by atoms with van der Waals surface area (Å²) in [6, 6.07) is 7.89. The lowest BCUT2D eigenvalue weighted by Gasteiger charge is -2.29. The van der Waals surface area contributed by atoms with E-state index in [9.17, 15) is 0 Å². The van der Waals surface area contributed by atoms with Crippen molar-refractivity contribution in [3.8, 4) is 17.6 Å². The lowest BCUT2D eigenvalue weighted by Crippen LogP contribution is -2.35. The molecule has 20 heavy (non-hydrogen) atoms. The van der Waals surface area contributed by atoms with Crippen LogP contribution in [0.4, 0.5) is 0 Å². The van der Waals surface area contributed by atoms with Gasteiger partial charge in [0.1, 0.15) is 12.4 Å². The predicted molar refractivity (Wildman–Crippen MR) is 82.7 cm³/mol. The van der Waals surface area contributed by atoms with Gasteiger partial charge in [0.25, 0.3) is 0 Å². The van der Waals surface area contributed by atoms with Crippen LogP contribution in [0.15, 0.2) is 24.3 Å². The monoisotopic (exact) mass is 272 g/mol. The Hall–Kier alpha value is -1.50. The number of benzene rings is 1. The summed E-state index contributed by atoms with van der Waals surface area (Å²) in [5.74, 6) is 7.64. The Morgan fingerprint density at radius 1 is 1.25 bits per heavy atom. The molecule has 0 unspecified atom stereocenters. The van der Waals surface area contributed by atoms with Crippen molar-refractivity contribution in [2.45, 2.75) is 19.8 Å². The molecule has 1 fully saturated rings. The second-order valence-corrected chi connectivity index (χ2v) is 5.40. The maximum absolute atomic E-state index is 5.78. The van der Waals surface area contributed by atoms with Gasteiger partial charge in [-0.05, 0) is 56.1 Å². The first-order chi connectivity index (χ1) is 9.78. The summed E-state index contributed by atoms with van der Waals surface area (Å²) >= 11 is 0. The highest BCUT2D eigenvalue weighted by molar-refractivity contribution is 5.38. The van der Waals surface area contributed by atoms with Crippen molar-refractivity contribution in [2.24, 2.45) is 11.7 Å². The van der Waals surface area contributed by atoms with Crippen LogP contribution in [0.2, 0.25) is 0 Å². The highest BCUT2D eigenvalue weighted by Gasteiger charge is 2.14. The van der Waals surface area contributed by atoms with Crippen molar-refractivity contribution in [2.75, 3.05) is 32.8 Å². The Kier molecular flexibility index (Phi) is 5.91. The summed E-state index contributed by atoms with van der Waals surface area (Å²) in [5, 5.41) is 0. The molecule has 0 aliphatic carbocycles. The van der Waals surface area contributed by atoms with Crippen molar-refractivity contribution >= 4 is 0 Å². The molecule has 1 aromatic carbocycles. The summed E-state index contributed by atoms with van der Waals surface area (Å²) in [6.45, 7) is 6.91. The molecule has 0 bridgehead atoms. The van der Waals surface area contributed by atoms with Gasteiger partial charge < -0.3 is 10.5 Å². The van der Waals surface area contributed by atoms with Gasteiger partial charge in [-0.2, -0.15) is 0 Å². The molecule has 0 amide bonds. The van der Waals surface area contributed by atoms with Gasteiger partial charge in [-0.3, -0.25) is 4.90 Å². The molecule has 1 heterocycles. The first-order valence-electron chi connectivity index (χ1n) is 7.42. The smallest absolute Gasteiger partial charge is 0.119 e. The van der Waals surface area contributed by atoms with Crippen molar-refractivity contribution in [3.05, 3.63) is 29.8 Å². The molecule has 1 aliphatic rings. The van der Waals surface area contributed by atoms with E-state index in [1.807, 2.05) is 24.3 Å². The van der Waals surface area contributed by atoms with Gasteiger partial charge in [0.15, 0.2) is 0 Å². The average molecular weight is 272 g/mol. The van der Waals surface area contributed by atoms with Gasteiger partial charge in [0, 0.05) is 12.1 Å². The number of nitrogens with zero attached hydrogens (tertiary/aromatic N) is 1. The quantitative estimate of drug-likeness (QED) is 0.853. The Bertz CT molecular complexity index is 450. The first-order valence-corrected chi connectivity index (χ1v) is 7.42. The minimum Gasteiger partial charge on any atom is -0.492 e. The molecule has 1 aliphatic heterocycles. The van der Waals surface area contributed by atoms with Gasteiger partial charge >= 0.3 is 0 Å². The molecule has 0 spiro atoms. The van der Waals surface area contributed by atoms with Crippen molar-refractivity contribution in [1.82, 2.24) is 4.90 Å². The molecule has 2 N–H and O–H groups in total. The highest BCUT2D eigenvalue weighted by atomic mass is 16.5. The predicted octanol–water partition coefficient (Wildman–Crippen LogP) is 2.11. The van der Waals surface area contributed by atoms with E-state index < -0.39 is 0 Å². The fourth-order valence-corrected chi connectivity index (χ4v) is 2.37. The number of rotatable bonds is 4. The van der Waals surface area contributed by atoms with Gasteiger partial charge in [0.2, 0.25) is 0 Å². The van der Waals surface area contributed by atoms with E-state index in [-0.39, 0.29) is 0 Å². The molecule has 1 saturated heterocycles. The van der Waals surface area contributed by atoms with E-state index >= 15 is 0 Å². The normalized spacial score (nSPS) is 16.5. The molecule has 3 nitrogen and oxygen atoms in total. The van der Waals surface area contributed by atoms with E-state index in [1.54, 1.807) is 0 Å². The lowest BCUT2D eigenvalue weighted by molar-refractivity contribution is 0.160. The molecule has 0 aromatic heterocycles. The van der Waals surface area contributed by atoms with Crippen LogP contribution in [-0.4, -0.2) is 37.7 Å². The van der Waals surface area contributed by atoms with Crippen molar-refractivity contribution in [1.29, 1.82) is 0 Å². The van der Waals surface area contributed by atoms with Gasteiger partial charge in [0.05, 0.1) is 6.54 Å². The lowest BCUT2D eigenvalue weighted by atomic mass is 9.99. The molecular weight excluding hydrogens is 248 g/mol. The summed E-state index contributed by atoms with van der Waals surface area (Å²) in [7, 11) is 0. The number of hydrogen-bond donors (Lipinski definition) is 1. The Morgan fingerprint density at radius 2 is 1.95 bits per heavy atom. The second-order valence-electron chi connectivity index (χ2n) is 5.40. The molecule has 1 aromatic rings. The Labute approximate surface area is 122 Å². The van der Waals surface area contributed by atoms with Crippen LogP contribution in [0.25, 0.3) is 0 Å². The molecular formula is C17H24N2O. The summed E-state index contributed by atoms with van der Waals surface area (Å²) in [6.07, 6.45) is 2.63. The van der Waals surface area contributed by atoms with Crippen LogP contribution in [0.5, 0.6) is 5.75 Å². The SMILES string of the molecule is CC1CCN(CCOc2ccc(C#CCN)cc2)CC1. The fourth-order valence-electron chi connectivity index (χ4n) is 2.37. The fraction of sp³-hybridized carbons (Fsp3) is 0.529. The molecule has 0 atom stereocenters. The van der Waals surface area contributed by atoms with Crippen LogP contribution in [0, 0.1) is 17.8 Å². The zero-order valence-electron chi connectivity index (χ0n) is 12.3. The van der Waals surface area contributed by atoms with E-state index in [1.165, 1.54) is 25.9 Å². The van der Waals surface area contributed by atoms with Crippen LogP contribution in [0.3, 0.4) is 0 Å². The largest absolute Gasteiger partial charge is 0.492 e. The van der Waals surface area contributed by atoms with Crippen molar-refractivity contribution < 1.29 is 4.74 Å². The van der Waals surface area contributed by atoms with E-state index in [2.05, 4.69) is 23.7 Å². The summed E-state index contributed by atoms with van der Waals surface area (Å²) < 4.78 is 5.78. The van der Waals surface area contributed by atoms with Crippen molar-refractivity contribution in [3.63, 3.8) is 0 Å². The number of hydrogen-bond acceptors (Lipinski definition) is 3. The topological polar surface area (TPSA) is 38.5 Å². The molecule has 3 heteroatoms. The maximum Gasteiger partial charge on any atom is 0.119 e. The molecule has 108 valence electrons. The third-order valence-electron chi connectivity index (χ3n) is 3.74. The number of ether oxygens (including phenoxy) is 1. The number of piperidine rings is 1. The Balaban J connectivity index is 1.71. The van der Waals surface area contributed by atoms with E-state index in [0.717, 1.165) is 30.4 Å². The minimum atomic E-state index is 0.396. The third-order valence-corrected chi connectivity index (χ3v) is 3.74. The summed E-state index contributed by atoms with van der Waals surface area (Å²) in [4.78, 5) is 2.49. The number of nitrogens with two attached hydrogens (primary N) is 1. The van der Waals surface area contributed by atoms with Gasteiger partial charge in [-0.15, -0.1) is 0 Å². The zero-order chi connectivity index (χ0) is 14.2. The number of likely N-dealkylation sites (tertiary alicyclic amines) is 1. The Morgan fingerprint density at radius 3 is 2.60 bits per heavy atom. The van der Waals surface area contributed by atoms with Crippen LogP contribution >= 0.6 is 0 Å². The second kappa shape index (κ2) is 7.94. The molecule has 0 saturated carbocycles. The molecule has 0 radical (unpaired) electrons. The van der Waals surface area contributed by atoms with Crippen LogP contribution in [0.1, 0.15) is 25.3 Å². The van der Waals surface area contributed by atoms with Crippen LogP contribution in [-0.2, 0) is 0 Å². The van der Waals surface area contributed by atoms with Crippen LogP contribution < -0.4 is 10.5 Å².